The van der Waals surface area contributed by atoms with Gasteiger partial charge in [0.05, 0.1) is 9.90 Å². The summed E-state index contributed by atoms with van der Waals surface area (Å²) in [4.78, 5) is 10.6. The highest BCUT2D eigenvalue weighted by Crippen LogP contribution is 2.27. The summed E-state index contributed by atoms with van der Waals surface area (Å²) in [6, 6.07) is 1.65. The van der Waals surface area contributed by atoms with Gasteiger partial charge in [0.2, 0.25) is 0 Å². The van der Waals surface area contributed by atoms with Crippen LogP contribution in [0.4, 0.5) is 0 Å². The fourth-order valence-electron chi connectivity index (χ4n) is 0.578. The molecule has 0 aliphatic rings. The molecule has 54 valence electrons. The Labute approximate surface area is 67.1 Å². The molecule has 0 aliphatic carbocycles. The topological polar surface area (TPSA) is 37.3 Å². The lowest BCUT2D eigenvalue weighted by Crippen LogP contribution is -1.94. The highest BCUT2D eigenvalue weighted by molar-refractivity contribution is 7.10. The Hall–Kier alpha value is -0.380. The van der Waals surface area contributed by atoms with Crippen molar-refractivity contribution in [3.63, 3.8) is 0 Å². The number of aliphatic hydroxyl groups is 1. The summed E-state index contributed by atoms with van der Waals surface area (Å²) in [6.07, 6.45) is -0.606. The number of rotatable bonds is 2. The van der Waals surface area contributed by atoms with Crippen LogP contribution in [-0.2, 0) is 4.79 Å². The predicted octanol–water partition coefficient (Wildman–Crippen LogP) is 1.63. The number of halogens is 1. The van der Waals surface area contributed by atoms with Gasteiger partial charge in [0.1, 0.15) is 6.10 Å². The minimum absolute atomic E-state index is 0.449. The minimum atomic E-state index is -1.06. The second kappa shape index (κ2) is 3.14. The van der Waals surface area contributed by atoms with Gasteiger partial charge in [0.15, 0.2) is 6.29 Å². The van der Waals surface area contributed by atoms with Crippen LogP contribution in [-0.4, -0.2) is 11.4 Å². The Morgan fingerprint density at radius 3 is 2.90 bits per heavy atom. The zero-order chi connectivity index (χ0) is 7.56. The van der Waals surface area contributed by atoms with Crippen LogP contribution in [0.15, 0.2) is 11.4 Å². The molecule has 0 aliphatic heterocycles. The third-order valence-corrected chi connectivity index (χ3v) is 2.47. The van der Waals surface area contributed by atoms with Gasteiger partial charge in [-0.3, -0.25) is 0 Å². The number of aliphatic hydroxyl groups excluding tert-OH is 1. The number of hydrogen-bond donors (Lipinski definition) is 1. The Morgan fingerprint density at radius 2 is 2.50 bits per heavy atom. The van der Waals surface area contributed by atoms with Crippen LogP contribution in [0.2, 0.25) is 5.02 Å². The van der Waals surface area contributed by atoms with Crippen LogP contribution >= 0.6 is 22.9 Å². The van der Waals surface area contributed by atoms with Crippen molar-refractivity contribution in [1.82, 2.24) is 0 Å². The summed E-state index contributed by atoms with van der Waals surface area (Å²) in [6.45, 7) is 0. The van der Waals surface area contributed by atoms with Crippen LogP contribution in [0, 0.1) is 0 Å². The summed E-state index contributed by atoms with van der Waals surface area (Å²) in [7, 11) is 0. The highest BCUT2D eigenvalue weighted by Gasteiger charge is 2.10. The number of thiophene rings is 1. The van der Waals surface area contributed by atoms with Gasteiger partial charge in [-0.1, -0.05) is 11.6 Å². The van der Waals surface area contributed by atoms with Crippen LogP contribution in [0.3, 0.4) is 0 Å². The molecular formula is C6H5ClO2S. The van der Waals surface area contributed by atoms with E-state index in [2.05, 4.69) is 0 Å². The van der Waals surface area contributed by atoms with Crippen molar-refractivity contribution in [2.24, 2.45) is 0 Å². The van der Waals surface area contributed by atoms with Gasteiger partial charge in [0.25, 0.3) is 0 Å². The molecule has 0 amide bonds. The summed E-state index contributed by atoms with van der Waals surface area (Å²) in [5.41, 5.74) is 0. The van der Waals surface area contributed by atoms with Crippen molar-refractivity contribution < 1.29 is 9.90 Å². The van der Waals surface area contributed by atoms with E-state index in [-0.39, 0.29) is 0 Å². The molecule has 0 fully saturated rings. The molecule has 4 heteroatoms. The number of carbonyl (C=O) groups excluding carboxylic acids is 1. The predicted molar refractivity (Wildman–Crippen MR) is 40.4 cm³/mol. The standard InChI is InChI=1S/C6H5ClO2S/c7-4-1-2-10-6(4)5(9)3-8/h1-3,5,9H. The first-order chi connectivity index (χ1) is 4.75. The lowest BCUT2D eigenvalue weighted by atomic mass is 10.3. The molecule has 1 aromatic heterocycles. The number of hydrogen-bond acceptors (Lipinski definition) is 3. The van der Waals surface area contributed by atoms with Crippen LogP contribution in [0.25, 0.3) is 0 Å². The summed E-state index contributed by atoms with van der Waals surface area (Å²) in [5, 5.41) is 11.1. The Kier molecular flexibility index (Phi) is 2.43. The Morgan fingerprint density at radius 1 is 1.80 bits per heavy atom. The van der Waals surface area contributed by atoms with E-state index in [1.807, 2.05) is 0 Å². The van der Waals surface area contributed by atoms with Crippen molar-refractivity contribution in [3.05, 3.63) is 21.3 Å². The molecule has 0 saturated carbocycles. The molecule has 0 bridgehead atoms. The third kappa shape index (κ3) is 1.37. The van der Waals surface area contributed by atoms with Crippen molar-refractivity contribution in [2.45, 2.75) is 6.10 Å². The van der Waals surface area contributed by atoms with Gasteiger partial charge in [-0.05, 0) is 11.4 Å². The zero-order valence-corrected chi connectivity index (χ0v) is 6.52. The van der Waals surface area contributed by atoms with Crippen molar-refractivity contribution in [3.8, 4) is 0 Å². The SMILES string of the molecule is O=CC(O)c1sccc1Cl. The van der Waals surface area contributed by atoms with Gasteiger partial charge in [-0.2, -0.15) is 0 Å². The van der Waals surface area contributed by atoms with E-state index < -0.39 is 6.10 Å². The van der Waals surface area contributed by atoms with E-state index in [0.717, 1.165) is 0 Å². The molecule has 10 heavy (non-hydrogen) atoms. The average Bonchev–Trinajstić information content (AvgIpc) is 2.34. The number of aldehydes is 1. The second-order valence-electron chi connectivity index (χ2n) is 1.71. The Bertz CT molecular complexity index is 233. The largest absolute Gasteiger partial charge is 0.380 e. The maximum absolute atomic E-state index is 10.1. The normalized spacial score (nSPS) is 13.0. The van der Waals surface area contributed by atoms with Gasteiger partial charge in [-0.25, -0.2) is 0 Å². The lowest BCUT2D eigenvalue weighted by Gasteiger charge is -1.97. The first-order valence-corrected chi connectivity index (χ1v) is 3.87. The average molecular weight is 177 g/mol. The van der Waals surface area contributed by atoms with E-state index in [0.29, 0.717) is 16.2 Å². The number of carbonyl (C=O) groups is 1. The fraction of sp³-hybridized carbons (Fsp3) is 0.167. The first kappa shape index (κ1) is 7.72. The van der Waals surface area contributed by atoms with E-state index in [1.54, 1.807) is 11.4 Å². The lowest BCUT2D eigenvalue weighted by molar-refractivity contribution is -0.114. The van der Waals surface area contributed by atoms with Gasteiger partial charge >= 0.3 is 0 Å². The summed E-state index contributed by atoms with van der Waals surface area (Å²) in [5.74, 6) is 0. The molecule has 1 rings (SSSR count). The molecule has 1 N–H and O–H groups in total. The van der Waals surface area contributed by atoms with E-state index in [9.17, 15) is 4.79 Å². The molecule has 0 radical (unpaired) electrons. The maximum atomic E-state index is 10.1. The quantitative estimate of drug-likeness (QED) is 0.696. The van der Waals surface area contributed by atoms with Crippen LogP contribution in [0.5, 0.6) is 0 Å². The molecular weight excluding hydrogens is 172 g/mol. The minimum Gasteiger partial charge on any atom is -0.380 e. The van der Waals surface area contributed by atoms with Gasteiger partial charge in [-0.15, -0.1) is 11.3 Å². The van der Waals surface area contributed by atoms with E-state index >= 15 is 0 Å². The van der Waals surface area contributed by atoms with Gasteiger partial charge in [0, 0.05) is 0 Å². The summed E-state index contributed by atoms with van der Waals surface area (Å²) >= 11 is 6.87. The summed E-state index contributed by atoms with van der Waals surface area (Å²) < 4.78 is 0. The zero-order valence-electron chi connectivity index (χ0n) is 4.95. The second-order valence-corrected chi connectivity index (χ2v) is 3.07. The van der Waals surface area contributed by atoms with Crippen molar-refractivity contribution in [1.29, 1.82) is 0 Å². The van der Waals surface area contributed by atoms with Crippen LogP contribution < -0.4 is 0 Å². The molecule has 1 heterocycles. The Balaban J connectivity index is 2.92. The first-order valence-electron chi connectivity index (χ1n) is 2.62. The van der Waals surface area contributed by atoms with Crippen molar-refractivity contribution in [2.75, 3.05) is 0 Å². The molecule has 2 nitrogen and oxygen atoms in total. The maximum Gasteiger partial charge on any atom is 0.153 e. The van der Waals surface area contributed by atoms with Gasteiger partial charge < -0.3 is 9.90 Å². The molecule has 0 aromatic carbocycles. The molecule has 0 saturated heterocycles. The monoisotopic (exact) mass is 176 g/mol. The molecule has 0 spiro atoms. The van der Waals surface area contributed by atoms with E-state index in [4.69, 9.17) is 16.7 Å². The third-order valence-electron chi connectivity index (χ3n) is 1.04. The molecule has 1 atom stereocenters. The van der Waals surface area contributed by atoms with Crippen molar-refractivity contribution >= 4 is 29.2 Å². The fourth-order valence-corrected chi connectivity index (χ4v) is 1.69. The smallest absolute Gasteiger partial charge is 0.153 e. The van der Waals surface area contributed by atoms with E-state index in [1.165, 1.54) is 11.3 Å². The molecule has 1 unspecified atom stereocenters. The van der Waals surface area contributed by atoms with Crippen LogP contribution in [0.1, 0.15) is 11.0 Å². The highest BCUT2D eigenvalue weighted by atomic mass is 35.5. The molecule has 1 aromatic rings.